The van der Waals surface area contributed by atoms with Gasteiger partial charge in [-0.25, -0.2) is 4.39 Å². The van der Waals surface area contributed by atoms with Gasteiger partial charge in [0.1, 0.15) is 5.82 Å². The maximum Gasteiger partial charge on any atom is 0.220 e. The lowest BCUT2D eigenvalue weighted by Crippen LogP contribution is -2.47. The molecule has 0 unspecified atom stereocenters. The van der Waals surface area contributed by atoms with E-state index in [-0.39, 0.29) is 17.6 Å². The maximum atomic E-state index is 14.0. The van der Waals surface area contributed by atoms with E-state index in [0.29, 0.717) is 0 Å². The van der Waals surface area contributed by atoms with Crippen LogP contribution >= 0.6 is 0 Å². The Morgan fingerprint density at radius 1 is 1.16 bits per heavy atom. The van der Waals surface area contributed by atoms with Crippen LogP contribution in [0.2, 0.25) is 0 Å². The third-order valence-corrected chi connectivity index (χ3v) is 5.92. The molecule has 1 aliphatic heterocycles. The number of nitrogens with zero attached hydrogens (tertiary/aromatic N) is 2. The zero-order valence-corrected chi connectivity index (χ0v) is 15.2. The van der Waals surface area contributed by atoms with Crippen LogP contribution in [0.1, 0.15) is 37.7 Å². The molecule has 2 aliphatic rings. The Bertz CT molecular complexity index is 591. The molecule has 1 aliphatic carbocycles. The Morgan fingerprint density at radius 2 is 1.84 bits per heavy atom. The summed E-state index contributed by atoms with van der Waals surface area (Å²) in [6, 6.07) is 5.34. The van der Waals surface area contributed by atoms with Crippen LogP contribution in [0.5, 0.6) is 0 Å². The molecule has 1 saturated carbocycles. The first-order valence-electron chi connectivity index (χ1n) is 9.55. The van der Waals surface area contributed by atoms with Crippen molar-refractivity contribution in [1.82, 2.24) is 4.90 Å². The number of piperazine rings is 1. The van der Waals surface area contributed by atoms with Gasteiger partial charge in [-0.15, -0.1) is 0 Å². The average Bonchev–Trinajstić information content (AvgIpc) is 2.63. The predicted octanol–water partition coefficient (Wildman–Crippen LogP) is 2.94. The van der Waals surface area contributed by atoms with Crippen molar-refractivity contribution >= 4 is 11.6 Å². The first-order chi connectivity index (χ1) is 12.0. The second kappa shape index (κ2) is 8.17. The van der Waals surface area contributed by atoms with Crippen LogP contribution in [0.3, 0.4) is 0 Å². The Morgan fingerprint density at radius 3 is 2.48 bits per heavy atom. The highest BCUT2D eigenvalue weighted by atomic mass is 19.1. The van der Waals surface area contributed by atoms with E-state index in [0.717, 1.165) is 75.6 Å². The Labute approximate surface area is 150 Å². The first-order valence-corrected chi connectivity index (χ1v) is 9.55. The Hall–Kier alpha value is -1.62. The highest BCUT2D eigenvalue weighted by molar-refractivity contribution is 5.76. The van der Waals surface area contributed by atoms with Crippen molar-refractivity contribution in [3.63, 3.8) is 0 Å². The number of primary amides is 1. The second-order valence-corrected chi connectivity index (χ2v) is 7.69. The van der Waals surface area contributed by atoms with Gasteiger partial charge in [0.15, 0.2) is 0 Å². The van der Waals surface area contributed by atoms with Crippen LogP contribution in [0.15, 0.2) is 18.2 Å². The van der Waals surface area contributed by atoms with Crippen molar-refractivity contribution in [3.05, 3.63) is 29.6 Å². The van der Waals surface area contributed by atoms with E-state index in [1.165, 1.54) is 6.42 Å². The molecule has 1 heterocycles. The molecule has 0 spiro atoms. The van der Waals surface area contributed by atoms with E-state index in [1.807, 2.05) is 19.1 Å². The molecule has 1 aromatic rings. The number of hydrogen-bond donors (Lipinski definition) is 1. The van der Waals surface area contributed by atoms with Crippen LogP contribution in [-0.4, -0.2) is 43.5 Å². The van der Waals surface area contributed by atoms with E-state index in [9.17, 15) is 9.18 Å². The molecule has 1 aromatic carbocycles. The SMILES string of the molecule is Cc1ccc(F)c(N2CCN(CCC3CCC(C(N)=O)CC3)CC2)c1. The fraction of sp³-hybridized carbons (Fsp3) is 0.650. The van der Waals surface area contributed by atoms with Gasteiger partial charge in [-0.3, -0.25) is 9.69 Å². The van der Waals surface area contributed by atoms with Crippen molar-refractivity contribution in [3.8, 4) is 0 Å². The zero-order chi connectivity index (χ0) is 17.8. The number of benzene rings is 1. The van der Waals surface area contributed by atoms with Crippen molar-refractivity contribution in [1.29, 1.82) is 0 Å². The van der Waals surface area contributed by atoms with E-state index < -0.39 is 0 Å². The molecular formula is C20H30FN3O. The molecule has 5 heteroatoms. The fourth-order valence-corrected chi connectivity index (χ4v) is 4.18. The number of carbonyl (C=O) groups is 1. The van der Waals surface area contributed by atoms with E-state index in [4.69, 9.17) is 5.73 Å². The lowest BCUT2D eigenvalue weighted by atomic mass is 9.80. The zero-order valence-electron chi connectivity index (χ0n) is 15.2. The monoisotopic (exact) mass is 347 g/mol. The van der Waals surface area contributed by atoms with Gasteiger partial charge in [0.2, 0.25) is 5.91 Å². The molecule has 2 fully saturated rings. The molecule has 1 saturated heterocycles. The molecule has 0 atom stereocenters. The van der Waals surface area contributed by atoms with Gasteiger partial charge in [-0.1, -0.05) is 6.07 Å². The van der Waals surface area contributed by atoms with Crippen LogP contribution in [0.4, 0.5) is 10.1 Å². The van der Waals surface area contributed by atoms with E-state index in [2.05, 4.69) is 9.80 Å². The smallest absolute Gasteiger partial charge is 0.220 e. The summed E-state index contributed by atoms with van der Waals surface area (Å²) in [5, 5.41) is 0. The van der Waals surface area contributed by atoms with Crippen molar-refractivity contribution in [2.24, 2.45) is 17.6 Å². The van der Waals surface area contributed by atoms with Crippen LogP contribution < -0.4 is 10.6 Å². The lowest BCUT2D eigenvalue weighted by Gasteiger charge is -2.37. The summed E-state index contributed by atoms with van der Waals surface area (Å²) in [6.45, 7) is 6.86. The minimum Gasteiger partial charge on any atom is -0.369 e. The normalized spacial score (nSPS) is 25.1. The summed E-state index contributed by atoms with van der Waals surface area (Å²) < 4.78 is 14.0. The van der Waals surface area contributed by atoms with Gasteiger partial charge in [-0.05, 0) is 69.2 Å². The van der Waals surface area contributed by atoms with Gasteiger partial charge in [0.25, 0.3) is 0 Å². The number of carbonyl (C=O) groups excluding carboxylic acids is 1. The number of hydrogen-bond acceptors (Lipinski definition) is 3. The molecule has 0 radical (unpaired) electrons. The molecule has 138 valence electrons. The molecule has 0 bridgehead atoms. The summed E-state index contributed by atoms with van der Waals surface area (Å²) in [4.78, 5) is 15.9. The highest BCUT2D eigenvalue weighted by Gasteiger charge is 2.25. The summed E-state index contributed by atoms with van der Waals surface area (Å²) in [7, 11) is 0. The number of anilines is 1. The van der Waals surface area contributed by atoms with Gasteiger partial charge in [0.05, 0.1) is 5.69 Å². The number of halogens is 1. The minimum atomic E-state index is -0.127. The third-order valence-electron chi connectivity index (χ3n) is 5.92. The molecule has 0 aromatic heterocycles. The van der Waals surface area contributed by atoms with Crippen molar-refractivity contribution in [2.75, 3.05) is 37.6 Å². The number of aryl methyl sites for hydroxylation is 1. The van der Waals surface area contributed by atoms with Gasteiger partial charge < -0.3 is 10.6 Å². The third kappa shape index (κ3) is 4.72. The quantitative estimate of drug-likeness (QED) is 0.891. The van der Waals surface area contributed by atoms with Crippen molar-refractivity contribution in [2.45, 2.75) is 39.0 Å². The molecule has 25 heavy (non-hydrogen) atoms. The standard InChI is InChI=1S/C20H30FN3O/c1-15-2-7-18(21)19(14-15)24-12-10-23(11-13-24)9-8-16-3-5-17(6-4-16)20(22)25/h2,7,14,16-17H,3-6,8-13H2,1H3,(H2,22,25). The summed E-state index contributed by atoms with van der Waals surface area (Å²) in [5.41, 5.74) is 7.25. The molecule has 2 N–H and O–H groups in total. The van der Waals surface area contributed by atoms with Crippen LogP contribution in [-0.2, 0) is 4.79 Å². The molecule has 4 nitrogen and oxygen atoms in total. The van der Waals surface area contributed by atoms with Gasteiger partial charge in [0, 0.05) is 32.1 Å². The summed E-state index contributed by atoms with van der Waals surface area (Å²) >= 11 is 0. The molecular weight excluding hydrogens is 317 g/mol. The fourth-order valence-electron chi connectivity index (χ4n) is 4.18. The number of amides is 1. The highest BCUT2D eigenvalue weighted by Crippen LogP contribution is 2.31. The average molecular weight is 347 g/mol. The van der Waals surface area contributed by atoms with Gasteiger partial charge in [-0.2, -0.15) is 0 Å². The maximum absolute atomic E-state index is 14.0. The number of rotatable bonds is 5. The molecule has 1 amide bonds. The predicted molar refractivity (Wildman–Crippen MR) is 99.0 cm³/mol. The number of nitrogens with two attached hydrogens (primary N) is 1. The summed E-state index contributed by atoms with van der Waals surface area (Å²) in [6.07, 6.45) is 5.37. The topological polar surface area (TPSA) is 49.6 Å². The lowest BCUT2D eigenvalue weighted by molar-refractivity contribution is -0.123. The minimum absolute atomic E-state index is 0.101. The molecule has 3 rings (SSSR count). The largest absolute Gasteiger partial charge is 0.369 e. The Balaban J connectivity index is 1.41. The Kier molecular flexibility index (Phi) is 5.94. The van der Waals surface area contributed by atoms with Crippen LogP contribution in [0, 0.1) is 24.6 Å². The van der Waals surface area contributed by atoms with E-state index in [1.54, 1.807) is 6.07 Å². The first kappa shape index (κ1) is 18.2. The van der Waals surface area contributed by atoms with Gasteiger partial charge >= 0.3 is 0 Å². The summed E-state index contributed by atoms with van der Waals surface area (Å²) in [5.74, 6) is 0.579. The second-order valence-electron chi connectivity index (χ2n) is 7.69. The van der Waals surface area contributed by atoms with Crippen LogP contribution in [0.25, 0.3) is 0 Å². The van der Waals surface area contributed by atoms with E-state index >= 15 is 0 Å². The van der Waals surface area contributed by atoms with Crippen molar-refractivity contribution < 1.29 is 9.18 Å².